The Labute approximate surface area is 167 Å². The summed E-state index contributed by atoms with van der Waals surface area (Å²) in [7, 11) is 0. The Kier molecular flexibility index (Phi) is 10.9. The average molecular weight is 395 g/mol. The fraction of sp³-hybridized carbons (Fsp3) is 0.682. The van der Waals surface area contributed by atoms with E-state index in [1.165, 1.54) is 6.08 Å². The number of allylic oxidation sites excluding steroid dienone is 1. The normalized spacial score (nSPS) is 24.9. The van der Waals surface area contributed by atoms with Crippen LogP contribution in [0.15, 0.2) is 24.3 Å². The lowest BCUT2D eigenvalue weighted by atomic mass is 9.87. The van der Waals surface area contributed by atoms with Crippen LogP contribution in [0.1, 0.15) is 65.2 Å². The van der Waals surface area contributed by atoms with E-state index in [2.05, 4.69) is 13.8 Å². The van der Waals surface area contributed by atoms with Crippen LogP contribution in [0.4, 0.5) is 0 Å². The van der Waals surface area contributed by atoms with Gasteiger partial charge in [-0.3, -0.25) is 9.59 Å². The van der Waals surface area contributed by atoms with Crippen LogP contribution in [0.2, 0.25) is 0 Å². The maximum Gasteiger partial charge on any atom is 0.327 e. The molecule has 158 valence electrons. The molecular weight excluding hydrogens is 360 g/mol. The van der Waals surface area contributed by atoms with Crippen LogP contribution in [0, 0.1) is 17.8 Å². The first kappa shape index (κ1) is 24.2. The number of Topliss-reactive ketones (excluding diaryl/α,β-unsaturated/α-hetero) is 2. The number of aliphatic hydroxyl groups is 2. The van der Waals surface area contributed by atoms with Gasteiger partial charge >= 0.3 is 5.97 Å². The first-order chi connectivity index (χ1) is 13.2. The number of ketones is 2. The molecule has 0 aliphatic heterocycles. The van der Waals surface area contributed by atoms with Gasteiger partial charge in [0, 0.05) is 37.2 Å². The van der Waals surface area contributed by atoms with Crippen molar-refractivity contribution in [1.82, 2.24) is 0 Å². The highest BCUT2D eigenvalue weighted by Crippen LogP contribution is 2.33. The van der Waals surface area contributed by atoms with Crippen molar-refractivity contribution in [3.63, 3.8) is 0 Å². The molecule has 0 aromatic carbocycles. The number of hydrogen-bond donors (Lipinski definition) is 3. The Balaban J connectivity index is 2.59. The highest BCUT2D eigenvalue weighted by atomic mass is 16.4. The van der Waals surface area contributed by atoms with Crippen molar-refractivity contribution >= 4 is 17.5 Å². The van der Waals surface area contributed by atoms with Crippen LogP contribution < -0.4 is 0 Å². The van der Waals surface area contributed by atoms with E-state index in [0.29, 0.717) is 18.8 Å². The molecule has 0 aromatic rings. The summed E-state index contributed by atoms with van der Waals surface area (Å²) in [5.74, 6) is -1.98. The highest BCUT2D eigenvalue weighted by molar-refractivity contribution is 5.90. The van der Waals surface area contributed by atoms with Crippen molar-refractivity contribution in [3.8, 4) is 0 Å². The van der Waals surface area contributed by atoms with Crippen molar-refractivity contribution in [1.29, 1.82) is 0 Å². The van der Waals surface area contributed by atoms with E-state index in [1.807, 2.05) is 0 Å². The average Bonchev–Trinajstić information content (AvgIpc) is 2.88. The van der Waals surface area contributed by atoms with Gasteiger partial charge in [0.2, 0.25) is 0 Å². The minimum Gasteiger partial charge on any atom is -0.478 e. The van der Waals surface area contributed by atoms with Crippen molar-refractivity contribution in [3.05, 3.63) is 24.3 Å². The molecule has 0 radical (unpaired) electrons. The summed E-state index contributed by atoms with van der Waals surface area (Å²) in [5, 5.41) is 28.9. The van der Waals surface area contributed by atoms with Gasteiger partial charge in [-0.25, -0.2) is 4.79 Å². The van der Waals surface area contributed by atoms with Crippen LogP contribution in [0.3, 0.4) is 0 Å². The molecule has 28 heavy (non-hydrogen) atoms. The van der Waals surface area contributed by atoms with Gasteiger partial charge in [0.15, 0.2) is 0 Å². The highest BCUT2D eigenvalue weighted by Gasteiger charge is 2.40. The molecule has 3 N–H and O–H groups in total. The predicted octanol–water partition coefficient (Wildman–Crippen LogP) is 3.07. The summed E-state index contributed by atoms with van der Waals surface area (Å²) in [6.45, 7) is 4.23. The van der Waals surface area contributed by atoms with Gasteiger partial charge in [-0.1, -0.05) is 51.3 Å². The molecule has 0 bridgehead atoms. The van der Waals surface area contributed by atoms with Gasteiger partial charge in [0.05, 0.1) is 12.2 Å². The second-order valence-electron chi connectivity index (χ2n) is 7.88. The summed E-state index contributed by atoms with van der Waals surface area (Å²) in [6, 6.07) is 0. The minimum absolute atomic E-state index is 0.0227. The van der Waals surface area contributed by atoms with Crippen LogP contribution >= 0.6 is 0 Å². The molecule has 1 fully saturated rings. The summed E-state index contributed by atoms with van der Waals surface area (Å²) < 4.78 is 0. The molecule has 0 saturated heterocycles. The molecule has 1 aliphatic rings. The predicted molar refractivity (Wildman–Crippen MR) is 107 cm³/mol. The van der Waals surface area contributed by atoms with Crippen molar-refractivity contribution in [2.45, 2.75) is 77.4 Å². The van der Waals surface area contributed by atoms with E-state index in [9.17, 15) is 24.6 Å². The Hall–Kier alpha value is -1.79. The number of unbranched alkanes of at least 4 members (excludes halogenated alkanes) is 1. The number of carbonyl (C=O) groups is 3. The van der Waals surface area contributed by atoms with Crippen molar-refractivity contribution < 1.29 is 29.7 Å². The molecule has 5 atom stereocenters. The second-order valence-corrected chi connectivity index (χ2v) is 7.88. The Morgan fingerprint density at radius 1 is 1.32 bits per heavy atom. The third kappa shape index (κ3) is 8.93. The number of carbonyl (C=O) groups excluding carboxylic acids is 2. The second kappa shape index (κ2) is 12.6. The third-order valence-corrected chi connectivity index (χ3v) is 5.28. The lowest BCUT2D eigenvalue weighted by Crippen LogP contribution is -2.22. The standard InChI is InChI=1S/C22H34O6/c1-3-4-7-15(2)12-17(24)10-11-18-19(21(26)14-20(18)25)13-16(23)8-5-6-9-22(27)28/h6,9-11,15,17-20,24-25H,3-5,7-8,12-14H2,1-2H3,(H,27,28)/t15-,17+,18+,19+,20+/m0/s1. The number of carboxylic acids is 1. The molecule has 1 saturated carbocycles. The van der Waals surface area contributed by atoms with E-state index in [0.717, 1.165) is 25.3 Å². The van der Waals surface area contributed by atoms with E-state index < -0.39 is 30.0 Å². The zero-order valence-electron chi connectivity index (χ0n) is 16.9. The Morgan fingerprint density at radius 2 is 2.04 bits per heavy atom. The monoisotopic (exact) mass is 394 g/mol. The van der Waals surface area contributed by atoms with Crippen molar-refractivity contribution in [2.75, 3.05) is 0 Å². The SMILES string of the molecule is CCCC[C@H](C)C[C@H](O)C=C[C@H]1[C@H](O)CC(=O)[C@@H]1CC(=O)CCC=CC(=O)O. The van der Waals surface area contributed by atoms with Gasteiger partial charge in [0.25, 0.3) is 0 Å². The number of carboxylic acid groups (broad SMARTS) is 1. The molecular formula is C22H34O6. The molecule has 6 heteroatoms. The largest absolute Gasteiger partial charge is 0.478 e. The number of rotatable bonds is 13. The van der Waals surface area contributed by atoms with E-state index in [1.54, 1.807) is 12.2 Å². The first-order valence-corrected chi connectivity index (χ1v) is 10.2. The fourth-order valence-corrected chi connectivity index (χ4v) is 3.68. The summed E-state index contributed by atoms with van der Waals surface area (Å²) in [5.41, 5.74) is 0. The van der Waals surface area contributed by atoms with Crippen LogP contribution in [-0.2, 0) is 14.4 Å². The molecule has 0 unspecified atom stereocenters. The molecule has 6 nitrogen and oxygen atoms in total. The maximum absolute atomic E-state index is 12.2. The van der Waals surface area contributed by atoms with Gasteiger partial charge in [-0.15, -0.1) is 0 Å². The van der Waals surface area contributed by atoms with Crippen LogP contribution in [-0.4, -0.2) is 45.1 Å². The Morgan fingerprint density at radius 3 is 2.68 bits per heavy atom. The molecule has 1 rings (SSSR count). The number of hydrogen-bond acceptors (Lipinski definition) is 5. The van der Waals surface area contributed by atoms with Crippen LogP contribution in [0.25, 0.3) is 0 Å². The van der Waals surface area contributed by atoms with Gasteiger partial charge < -0.3 is 15.3 Å². The molecule has 0 aromatic heterocycles. The fourth-order valence-electron chi connectivity index (χ4n) is 3.68. The Bertz CT molecular complexity index is 580. The minimum atomic E-state index is -1.06. The molecule has 1 aliphatic carbocycles. The van der Waals surface area contributed by atoms with Gasteiger partial charge in [0.1, 0.15) is 11.6 Å². The summed E-state index contributed by atoms with van der Waals surface area (Å²) in [6.07, 6.45) is 8.73. The smallest absolute Gasteiger partial charge is 0.327 e. The first-order valence-electron chi connectivity index (χ1n) is 10.2. The third-order valence-electron chi connectivity index (χ3n) is 5.28. The summed E-state index contributed by atoms with van der Waals surface area (Å²) in [4.78, 5) is 34.7. The quantitative estimate of drug-likeness (QED) is 0.327. The summed E-state index contributed by atoms with van der Waals surface area (Å²) >= 11 is 0. The number of aliphatic hydroxyl groups excluding tert-OH is 2. The molecule has 0 amide bonds. The maximum atomic E-state index is 12.2. The molecule has 0 spiro atoms. The zero-order valence-corrected chi connectivity index (χ0v) is 16.9. The molecule has 0 heterocycles. The van der Waals surface area contributed by atoms with Gasteiger partial charge in [-0.05, 0) is 18.8 Å². The van der Waals surface area contributed by atoms with Gasteiger partial charge in [-0.2, -0.15) is 0 Å². The number of aliphatic carboxylic acids is 1. The lowest BCUT2D eigenvalue weighted by molar-refractivity contribution is -0.131. The van der Waals surface area contributed by atoms with Crippen LogP contribution in [0.5, 0.6) is 0 Å². The van der Waals surface area contributed by atoms with E-state index in [-0.39, 0.29) is 30.8 Å². The zero-order chi connectivity index (χ0) is 21.1. The lowest BCUT2D eigenvalue weighted by Gasteiger charge is -2.18. The van der Waals surface area contributed by atoms with Crippen molar-refractivity contribution in [2.24, 2.45) is 17.8 Å². The van der Waals surface area contributed by atoms with E-state index >= 15 is 0 Å². The topological polar surface area (TPSA) is 112 Å². The van der Waals surface area contributed by atoms with E-state index in [4.69, 9.17) is 5.11 Å².